The highest BCUT2D eigenvalue weighted by atomic mass is 35.5. The van der Waals surface area contributed by atoms with E-state index >= 15 is 0 Å². The summed E-state index contributed by atoms with van der Waals surface area (Å²) in [7, 11) is 0. The summed E-state index contributed by atoms with van der Waals surface area (Å²) in [5.74, 6) is -0.490. The maximum Gasteiger partial charge on any atom is 0.288 e. The third kappa shape index (κ3) is 4.45. The molecule has 0 aliphatic carbocycles. The van der Waals surface area contributed by atoms with Gasteiger partial charge < -0.3 is 20.1 Å². The number of halogens is 1. The second-order valence-electron chi connectivity index (χ2n) is 9.16. The molecule has 176 valence electrons. The summed E-state index contributed by atoms with van der Waals surface area (Å²) in [4.78, 5) is 29.8. The van der Waals surface area contributed by atoms with Crippen LogP contribution in [0.1, 0.15) is 32.9 Å². The molecule has 0 spiro atoms. The van der Waals surface area contributed by atoms with Crippen molar-refractivity contribution in [2.24, 2.45) is 17.6 Å². The minimum atomic E-state index is -0.821. The van der Waals surface area contributed by atoms with Crippen LogP contribution in [-0.2, 0) is 6.42 Å². The molecule has 1 aromatic heterocycles. The van der Waals surface area contributed by atoms with Crippen LogP contribution in [0.15, 0.2) is 59.1 Å². The number of carbonyl (C=O) groups excluding carboxylic acids is 2. The summed E-state index contributed by atoms with van der Waals surface area (Å²) < 4.78 is 5.20. The molecule has 3 heterocycles. The molecule has 3 aromatic rings. The molecule has 2 fully saturated rings. The Morgan fingerprint density at radius 2 is 1.68 bits per heavy atom. The van der Waals surface area contributed by atoms with Gasteiger partial charge in [-0.05, 0) is 42.9 Å². The molecule has 1 unspecified atom stereocenters. The van der Waals surface area contributed by atoms with E-state index in [1.54, 1.807) is 29.2 Å². The minimum absolute atomic E-state index is 0.0975. The number of hydrogen-bond acceptors (Lipinski definition) is 5. The number of nitrogens with zero attached hydrogens (tertiary/aromatic N) is 3. The first kappa shape index (κ1) is 22.6. The van der Waals surface area contributed by atoms with Crippen LogP contribution in [0, 0.1) is 11.8 Å². The first-order valence-electron chi connectivity index (χ1n) is 11.6. The maximum atomic E-state index is 13.5. The van der Waals surface area contributed by atoms with Crippen molar-refractivity contribution in [1.82, 2.24) is 15.0 Å². The summed E-state index contributed by atoms with van der Waals surface area (Å²) in [6.07, 6.45) is 2.20. The van der Waals surface area contributed by atoms with Crippen molar-refractivity contribution >= 4 is 23.4 Å². The van der Waals surface area contributed by atoms with Gasteiger partial charge in [0.15, 0.2) is 0 Å². The van der Waals surface area contributed by atoms with Crippen molar-refractivity contribution in [3.8, 4) is 11.3 Å². The summed E-state index contributed by atoms with van der Waals surface area (Å²) in [6, 6.07) is 17.6. The van der Waals surface area contributed by atoms with Crippen molar-refractivity contribution in [2.45, 2.75) is 12.8 Å². The number of amides is 2. The number of primary amides is 1. The molecule has 8 heteroatoms. The van der Waals surface area contributed by atoms with Crippen molar-refractivity contribution in [3.05, 3.63) is 76.5 Å². The predicted octanol–water partition coefficient (Wildman–Crippen LogP) is 3.73. The Morgan fingerprint density at radius 3 is 2.35 bits per heavy atom. The van der Waals surface area contributed by atoms with Gasteiger partial charge in [-0.15, -0.1) is 0 Å². The van der Waals surface area contributed by atoms with Gasteiger partial charge in [0, 0.05) is 31.7 Å². The third-order valence-corrected chi connectivity index (χ3v) is 7.22. The number of carbonyl (C=O) groups is 2. The second-order valence-corrected chi connectivity index (χ2v) is 9.57. The average molecular weight is 479 g/mol. The van der Waals surface area contributed by atoms with E-state index in [9.17, 15) is 9.59 Å². The van der Waals surface area contributed by atoms with Crippen LogP contribution in [0.2, 0.25) is 5.02 Å². The van der Waals surface area contributed by atoms with E-state index in [1.165, 1.54) is 5.56 Å². The van der Waals surface area contributed by atoms with Crippen LogP contribution < -0.4 is 5.73 Å². The van der Waals surface area contributed by atoms with Gasteiger partial charge in [-0.2, -0.15) is 0 Å². The molecular weight excluding hydrogens is 452 g/mol. The number of nitrogens with two attached hydrogens (primary N) is 1. The van der Waals surface area contributed by atoms with Crippen molar-refractivity contribution in [3.63, 3.8) is 0 Å². The highest BCUT2D eigenvalue weighted by molar-refractivity contribution is 6.33. The molecule has 7 nitrogen and oxygen atoms in total. The summed E-state index contributed by atoms with van der Waals surface area (Å²) in [6.45, 7) is 4.30. The highest BCUT2D eigenvalue weighted by Crippen LogP contribution is 2.36. The Kier molecular flexibility index (Phi) is 6.39. The normalized spacial score (nSPS) is 20.0. The van der Waals surface area contributed by atoms with Gasteiger partial charge in [0.2, 0.25) is 5.76 Å². The standard InChI is InChI=1S/C26H27ClN4O3/c27-21-11-5-4-10-20(21)23-22(24(25(28)32)34-29-23)26(33)31-15-18-13-30(14-19(18)16-31)12-6-9-17-7-2-1-3-8-17/h1-5,7-8,10-11,18-19H,6,9,12-16H2,(H2,28,32)/t18-,19?/m0/s1. The van der Waals surface area contributed by atoms with Gasteiger partial charge in [0.25, 0.3) is 11.8 Å². The zero-order valence-electron chi connectivity index (χ0n) is 18.8. The van der Waals surface area contributed by atoms with Crippen molar-refractivity contribution in [1.29, 1.82) is 0 Å². The summed E-state index contributed by atoms with van der Waals surface area (Å²) in [5, 5.41) is 4.41. The lowest BCUT2D eigenvalue weighted by atomic mass is 10.0. The summed E-state index contributed by atoms with van der Waals surface area (Å²) >= 11 is 6.33. The lowest BCUT2D eigenvalue weighted by Crippen LogP contribution is -2.34. The molecule has 2 aliphatic heterocycles. The molecule has 5 rings (SSSR count). The quantitative estimate of drug-likeness (QED) is 0.558. The Morgan fingerprint density at radius 1 is 1.00 bits per heavy atom. The van der Waals surface area contributed by atoms with Gasteiger partial charge in [-0.1, -0.05) is 65.3 Å². The zero-order valence-corrected chi connectivity index (χ0v) is 19.6. The van der Waals surface area contributed by atoms with Crippen LogP contribution in [0.4, 0.5) is 0 Å². The molecule has 0 bridgehead atoms. The molecular formula is C26H27ClN4O3. The number of aromatic nitrogens is 1. The Hall–Kier alpha value is -3.16. The van der Waals surface area contributed by atoms with Crippen LogP contribution in [0.5, 0.6) is 0 Å². The third-order valence-electron chi connectivity index (χ3n) is 6.89. The molecule has 0 saturated carbocycles. The maximum absolute atomic E-state index is 13.5. The number of rotatable bonds is 7. The second kappa shape index (κ2) is 9.60. The fraction of sp³-hybridized carbons (Fsp3) is 0.346. The minimum Gasteiger partial charge on any atom is -0.363 e. The van der Waals surface area contributed by atoms with Crippen LogP contribution >= 0.6 is 11.6 Å². The molecule has 2 atom stereocenters. The van der Waals surface area contributed by atoms with Gasteiger partial charge in [-0.3, -0.25) is 9.59 Å². The molecule has 34 heavy (non-hydrogen) atoms. The van der Waals surface area contributed by atoms with E-state index < -0.39 is 5.91 Å². The molecule has 2 saturated heterocycles. The lowest BCUT2D eigenvalue weighted by Gasteiger charge is -2.21. The zero-order chi connectivity index (χ0) is 23.7. The van der Waals surface area contributed by atoms with Crippen LogP contribution in [0.25, 0.3) is 11.3 Å². The van der Waals surface area contributed by atoms with Gasteiger partial charge in [0.1, 0.15) is 11.3 Å². The Labute approximate surface area is 203 Å². The average Bonchev–Trinajstić information content (AvgIpc) is 3.53. The molecule has 2 aromatic carbocycles. The first-order chi connectivity index (χ1) is 16.5. The number of likely N-dealkylation sites (tertiary alicyclic amines) is 2. The van der Waals surface area contributed by atoms with E-state index in [2.05, 4.69) is 34.3 Å². The largest absolute Gasteiger partial charge is 0.363 e. The Bertz CT molecular complexity index is 1180. The number of aryl methyl sites for hydroxylation is 1. The van der Waals surface area contributed by atoms with E-state index in [-0.39, 0.29) is 22.9 Å². The fourth-order valence-electron chi connectivity index (χ4n) is 5.24. The van der Waals surface area contributed by atoms with E-state index in [0.29, 0.717) is 35.5 Å². The predicted molar refractivity (Wildman–Crippen MR) is 130 cm³/mol. The molecule has 0 radical (unpaired) electrons. The van der Waals surface area contributed by atoms with E-state index in [0.717, 1.165) is 32.5 Å². The highest BCUT2D eigenvalue weighted by Gasteiger charge is 2.43. The first-order valence-corrected chi connectivity index (χ1v) is 12.0. The van der Waals surface area contributed by atoms with Gasteiger partial charge in [0.05, 0.1) is 5.02 Å². The fourth-order valence-corrected chi connectivity index (χ4v) is 5.47. The van der Waals surface area contributed by atoms with E-state index in [1.807, 2.05) is 6.07 Å². The Balaban J connectivity index is 1.25. The number of fused-ring (bicyclic) bond motifs is 1. The lowest BCUT2D eigenvalue weighted by molar-refractivity contribution is 0.0766. The molecule has 2 N–H and O–H groups in total. The van der Waals surface area contributed by atoms with E-state index in [4.69, 9.17) is 21.9 Å². The van der Waals surface area contributed by atoms with Crippen molar-refractivity contribution in [2.75, 3.05) is 32.7 Å². The monoisotopic (exact) mass is 478 g/mol. The van der Waals surface area contributed by atoms with Crippen LogP contribution in [0.3, 0.4) is 0 Å². The SMILES string of the molecule is NC(=O)c1onc(-c2ccccc2Cl)c1C(=O)N1CC2CN(CCCc3ccccc3)C[C@H]2C1. The van der Waals surface area contributed by atoms with Crippen molar-refractivity contribution < 1.29 is 14.1 Å². The topological polar surface area (TPSA) is 92.7 Å². The smallest absolute Gasteiger partial charge is 0.288 e. The summed E-state index contributed by atoms with van der Waals surface area (Å²) in [5.41, 5.74) is 7.75. The van der Waals surface area contributed by atoms with Crippen LogP contribution in [-0.4, -0.2) is 59.5 Å². The molecule has 2 aliphatic rings. The number of benzene rings is 2. The molecule has 2 amide bonds. The van der Waals surface area contributed by atoms with Gasteiger partial charge in [-0.25, -0.2) is 0 Å². The number of hydrogen-bond donors (Lipinski definition) is 1. The van der Waals surface area contributed by atoms with Gasteiger partial charge >= 0.3 is 0 Å².